The van der Waals surface area contributed by atoms with E-state index in [0.29, 0.717) is 43.5 Å². The number of esters is 1. The third-order valence-corrected chi connectivity index (χ3v) is 21.5. The van der Waals surface area contributed by atoms with Gasteiger partial charge in [-0.3, -0.25) is 14.4 Å². The summed E-state index contributed by atoms with van der Waals surface area (Å²) in [6.07, 6.45) is 3.88. The van der Waals surface area contributed by atoms with Gasteiger partial charge in [-0.1, -0.05) is 71.9 Å². The molecule has 4 rings (SSSR count). The van der Waals surface area contributed by atoms with E-state index in [9.17, 15) is 14.8 Å². The minimum absolute atomic E-state index is 0.0510. The van der Waals surface area contributed by atoms with Crippen molar-refractivity contribution < 1.29 is 47.3 Å². The monoisotopic (exact) mass is 1010 g/mol. The number of hydrogen-bond acceptors (Lipinski definition) is 11. The molecule has 344 valence electrons. The highest BCUT2D eigenvalue weighted by Crippen LogP contribution is 2.42. The number of carbonyl (C=O) groups is 2. The number of halogens is 2. The Morgan fingerprint density at radius 2 is 1.44 bits per heavy atom. The molecule has 16 heteroatoms. The van der Waals surface area contributed by atoms with Crippen LogP contribution in [0.25, 0.3) is 0 Å². The number of hydrogen-bond donors (Lipinski definition) is 1. The number of rotatable bonds is 16. The molecule has 0 aromatic heterocycles. The third-order valence-electron chi connectivity index (χ3n) is 11.3. The summed E-state index contributed by atoms with van der Waals surface area (Å²) in [5.74, 6) is 0.876. The molecule has 0 bridgehead atoms. The smallest absolute Gasteiger partial charge is 0.326 e. The maximum atomic E-state index is 12.6. The second-order valence-electron chi connectivity index (χ2n) is 18.3. The molecule has 61 heavy (non-hydrogen) atoms. The average molecular weight is 1020 g/mol. The van der Waals surface area contributed by atoms with Gasteiger partial charge in [0.05, 0.1) is 59.5 Å². The van der Waals surface area contributed by atoms with Gasteiger partial charge in [0.2, 0.25) is 12.0 Å². The fourth-order valence-corrected chi connectivity index (χ4v) is 8.94. The number of ether oxygens (including phenoxy) is 3. The van der Waals surface area contributed by atoms with Gasteiger partial charge in [0.1, 0.15) is 29.7 Å². The molecular weight excluding hydrogens is 944 g/mol. The Labute approximate surface area is 384 Å². The summed E-state index contributed by atoms with van der Waals surface area (Å²) in [4.78, 5) is 29.7. The van der Waals surface area contributed by atoms with Crippen molar-refractivity contribution in [1.82, 2.24) is 5.06 Å². The lowest BCUT2D eigenvalue weighted by molar-refractivity contribution is -0.469. The van der Waals surface area contributed by atoms with E-state index in [1.807, 2.05) is 57.2 Å². The summed E-state index contributed by atoms with van der Waals surface area (Å²) < 4.78 is 31.5. The number of aliphatic hydroxyl groups is 1. The molecule has 2 aromatic carbocycles. The highest BCUT2D eigenvalue weighted by Gasteiger charge is 2.57. The summed E-state index contributed by atoms with van der Waals surface area (Å²) in [7, 11) is -3.54. The molecule has 5 atom stereocenters. The highest BCUT2D eigenvalue weighted by atomic mass is 79.9. The second-order valence-corrected chi connectivity index (χ2v) is 29.7. The van der Waals surface area contributed by atoms with Crippen molar-refractivity contribution in [3.8, 4) is 11.5 Å². The Morgan fingerprint density at radius 1 is 0.934 bits per heavy atom. The summed E-state index contributed by atoms with van der Waals surface area (Å²) >= 11 is 6.93. The second kappa shape index (κ2) is 24.0. The molecule has 2 fully saturated rings. The van der Waals surface area contributed by atoms with E-state index in [1.54, 1.807) is 24.1 Å². The van der Waals surface area contributed by atoms with Gasteiger partial charge in [-0.05, 0) is 114 Å². The van der Waals surface area contributed by atoms with Crippen molar-refractivity contribution in [2.24, 2.45) is 5.92 Å². The Balaban J connectivity index is 0.000000350. The average Bonchev–Trinajstić information content (AvgIpc) is 3.64. The number of ketones is 1. The van der Waals surface area contributed by atoms with Gasteiger partial charge < -0.3 is 33.4 Å². The fraction of sp³-hybridized carbons (Fsp3) is 0.622. The molecule has 2 saturated heterocycles. The molecule has 2 heterocycles. The first kappa shape index (κ1) is 54.7. The lowest BCUT2D eigenvalue weighted by Crippen LogP contribution is -2.44. The number of para-hydroxylation sites is 2. The van der Waals surface area contributed by atoms with Crippen molar-refractivity contribution in [2.45, 2.75) is 150 Å². The molecule has 12 nitrogen and oxygen atoms in total. The van der Waals surface area contributed by atoms with Gasteiger partial charge in [-0.2, -0.15) is 5.06 Å². The first-order valence-electron chi connectivity index (χ1n) is 21.0. The van der Waals surface area contributed by atoms with Crippen LogP contribution in [-0.4, -0.2) is 100 Å². The minimum atomic E-state index is -1.93. The van der Waals surface area contributed by atoms with Gasteiger partial charge in [0, 0.05) is 12.5 Å². The molecule has 2 aromatic rings. The van der Waals surface area contributed by atoms with Gasteiger partial charge in [-0.25, -0.2) is 4.74 Å². The molecule has 2 aliphatic heterocycles. The van der Waals surface area contributed by atoms with Crippen LogP contribution in [0.1, 0.15) is 87.3 Å². The van der Waals surface area contributed by atoms with Crippen LogP contribution in [0.4, 0.5) is 0 Å². The maximum absolute atomic E-state index is 12.6. The van der Waals surface area contributed by atoms with Crippen LogP contribution in [0, 0.1) is 11.1 Å². The molecule has 0 saturated carbocycles. The predicted octanol–water partition coefficient (Wildman–Crippen LogP) is 10.4. The fourth-order valence-electron chi connectivity index (χ4n) is 5.93. The van der Waals surface area contributed by atoms with E-state index in [0.717, 1.165) is 32.0 Å². The van der Waals surface area contributed by atoms with Crippen LogP contribution in [0.5, 0.6) is 11.5 Å². The number of nitrogens with zero attached hydrogens (tertiary/aromatic N) is 2. The molecule has 0 spiro atoms. The molecule has 0 aliphatic carbocycles. The van der Waals surface area contributed by atoms with E-state index >= 15 is 0 Å². The van der Waals surface area contributed by atoms with Crippen LogP contribution in [0.3, 0.4) is 0 Å². The first-order chi connectivity index (χ1) is 28.2. The van der Waals surface area contributed by atoms with Crippen LogP contribution >= 0.6 is 31.9 Å². The number of benzene rings is 2. The van der Waals surface area contributed by atoms with E-state index in [-0.39, 0.29) is 52.6 Å². The van der Waals surface area contributed by atoms with Gasteiger partial charge in [0.15, 0.2) is 23.2 Å². The van der Waals surface area contributed by atoms with E-state index in [1.165, 1.54) is 6.92 Å². The summed E-state index contributed by atoms with van der Waals surface area (Å²) in [6.45, 7) is 33.8. The molecular formula is C45H72Br2N2O10Si2. The number of fused-ring (bicyclic) bond motifs is 1. The van der Waals surface area contributed by atoms with E-state index < -0.39 is 22.7 Å². The van der Waals surface area contributed by atoms with Crippen molar-refractivity contribution in [2.75, 3.05) is 26.4 Å². The highest BCUT2D eigenvalue weighted by molar-refractivity contribution is 9.11. The minimum Gasteiger partial charge on any atom is -0.623 e. The number of aliphatic hydroxyl groups excluding tert-OH is 1. The summed E-state index contributed by atoms with van der Waals surface area (Å²) in [5.41, 5.74) is 1.71. The lowest BCUT2D eigenvalue weighted by Gasteiger charge is -2.37. The molecule has 0 amide bonds. The Hall–Kier alpha value is -2.42. The SMILES string of the molecule is CCOc1c(Br)cccc1C/[N+]([O-])=C/C(C)=O.CCOc1c(Br)cccc1CN1O[C@@H](CO[Si](C)(C)C(C)(C)C)[C@H]2[C@H](C)OC(=O)[C@H]21.C[C@H](O)/C=C\CO[Si](C)(C)C(C)(C)C. The zero-order valence-electron chi connectivity index (χ0n) is 39.1. The van der Waals surface area contributed by atoms with Crippen LogP contribution in [0.2, 0.25) is 36.3 Å². The zero-order valence-corrected chi connectivity index (χ0v) is 44.3. The normalized spacial score (nSPS) is 20.3. The number of hydroxylamine groups is 3. The predicted molar refractivity (Wildman–Crippen MR) is 255 cm³/mol. The zero-order chi connectivity index (χ0) is 46.5. The Kier molecular flexibility index (Phi) is 21.6. The Bertz CT molecular complexity index is 1790. The molecule has 1 N–H and O–H groups in total. The standard InChI is InChI=1S/C22H34BrNO5Si.C12H14BrNO3.C11H24O2Si/c1-8-26-20-15(10-9-11-16(20)23)12-24-19-18(14(2)28-21(19)25)17(29-24)13-27-30(6,7)22(3,4)5;1-3-17-12-10(5-4-6-11(12)13)8-14(16)7-9(2)15;1-10(12)8-7-9-13-14(5,6)11(2,3)4/h9-11,14,17-19H,8,12-13H2,1-7H3;4-7H,3,8H2,1-2H3;7-8,10,12H,9H2,1-6H3/b;14-7-;8-7-/t14-,17-,18+,19-;;10-/m0.0/s1. The number of cyclic esters (lactones) is 1. The van der Waals surface area contributed by atoms with Crippen molar-refractivity contribution >= 4 is 66.5 Å². The summed E-state index contributed by atoms with van der Waals surface area (Å²) in [5, 5.41) is 22.6. The third kappa shape index (κ3) is 16.6. The molecule has 0 unspecified atom stereocenters. The largest absolute Gasteiger partial charge is 0.623 e. The van der Waals surface area contributed by atoms with Gasteiger partial charge in [0.25, 0.3) is 0 Å². The summed E-state index contributed by atoms with van der Waals surface area (Å²) in [6, 6.07) is 10.9. The topological polar surface area (TPSA) is 139 Å². The van der Waals surface area contributed by atoms with Gasteiger partial charge in [-0.15, -0.1) is 0 Å². The molecule has 2 aliphatic rings. The maximum Gasteiger partial charge on any atom is 0.326 e. The van der Waals surface area contributed by atoms with Crippen LogP contribution < -0.4 is 9.47 Å². The first-order valence-corrected chi connectivity index (χ1v) is 28.4. The number of carbonyl (C=O) groups excluding carboxylic acids is 2. The molecule has 0 radical (unpaired) electrons. The van der Waals surface area contributed by atoms with Crippen molar-refractivity contribution in [3.63, 3.8) is 0 Å². The Morgan fingerprint density at radius 3 is 1.93 bits per heavy atom. The van der Waals surface area contributed by atoms with Crippen LogP contribution in [-0.2, 0) is 41.1 Å². The van der Waals surface area contributed by atoms with Crippen molar-refractivity contribution in [3.05, 3.63) is 73.8 Å². The van der Waals surface area contributed by atoms with Gasteiger partial charge >= 0.3 is 5.97 Å². The quantitative estimate of drug-likeness (QED) is 0.0327. The lowest BCUT2D eigenvalue weighted by atomic mass is 9.93. The number of Topliss-reactive ketones (excluding diaryl/α,β-unsaturated/α-hetero) is 1. The van der Waals surface area contributed by atoms with E-state index in [4.69, 9.17) is 33.0 Å². The van der Waals surface area contributed by atoms with Crippen molar-refractivity contribution in [1.29, 1.82) is 0 Å². The van der Waals surface area contributed by atoms with E-state index in [2.05, 4.69) is 99.6 Å². The van der Waals surface area contributed by atoms with Crippen LogP contribution in [0.15, 0.2) is 57.5 Å².